The molecule has 0 atom stereocenters. The molecular weight excluding hydrogens is 352 g/mol. The van der Waals surface area contributed by atoms with Gasteiger partial charge in [-0.05, 0) is 35.7 Å². The van der Waals surface area contributed by atoms with Crippen molar-refractivity contribution < 1.29 is 0 Å². The van der Waals surface area contributed by atoms with Crippen molar-refractivity contribution in [1.29, 1.82) is 0 Å². The molecule has 0 aliphatic carbocycles. The second-order valence-electron chi connectivity index (χ2n) is 5.14. The van der Waals surface area contributed by atoms with E-state index in [-0.39, 0.29) is 0 Å². The van der Waals surface area contributed by atoms with Crippen molar-refractivity contribution in [2.75, 3.05) is 5.43 Å². The lowest BCUT2D eigenvalue weighted by molar-refractivity contribution is 1.34. The maximum absolute atomic E-state index is 4.21. The molecule has 0 unspecified atom stereocenters. The largest absolute Gasteiger partial charge is 0.270 e. The number of thioether (sulfide) groups is 1. The van der Waals surface area contributed by atoms with Crippen molar-refractivity contribution >= 4 is 50.9 Å². The molecule has 0 saturated heterocycles. The van der Waals surface area contributed by atoms with E-state index in [0.29, 0.717) is 0 Å². The molecule has 5 heteroatoms. The fraction of sp³-hybridized carbons (Fsp3) is 0.0526. The van der Waals surface area contributed by atoms with E-state index >= 15 is 0 Å². The Balaban J connectivity index is 1.43. The Morgan fingerprint density at radius 1 is 0.917 bits per heavy atom. The molecule has 0 fully saturated rings. The molecule has 1 aromatic carbocycles. The summed E-state index contributed by atoms with van der Waals surface area (Å²) in [6.07, 6.45) is 3.15. The topological polar surface area (TPSA) is 24.4 Å². The lowest BCUT2D eigenvalue weighted by Crippen LogP contribution is -1.86. The van der Waals surface area contributed by atoms with E-state index in [1.165, 1.54) is 19.5 Å². The van der Waals surface area contributed by atoms with Crippen LogP contribution in [0.3, 0.4) is 0 Å². The number of benzene rings is 1. The molecule has 1 aliphatic rings. The molecule has 0 bridgehead atoms. The van der Waals surface area contributed by atoms with Crippen molar-refractivity contribution in [2.24, 2.45) is 5.10 Å². The van der Waals surface area contributed by atoms with Crippen molar-refractivity contribution in [2.45, 2.75) is 6.42 Å². The predicted octanol–water partition coefficient (Wildman–Crippen LogP) is 6.54. The summed E-state index contributed by atoms with van der Waals surface area (Å²) in [7, 11) is 0. The number of hydrazone groups is 1. The van der Waals surface area contributed by atoms with Crippen LogP contribution in [0.4, 0.5) is 5.69 Å². The van der Waals surface area contributed by atoms with E-state index < -0.39 is 0 Å². The van der Waals surface area contributed by atoms with Crippen LogP contribution in [0.2, 0.25) is 0 Å². The fourth-order valence-corrected chi connectivity index (χ4v) is 5.19. The third kappa shape index (κ3) is 3.55. The molecule has 2 aromatic heterocycles. The van der Waals surface area contributed by atoms with Gasteiger partial charge in [-0.2, -0.15) is 0 Å². The Morgan fingerprint density at radius 2 is 1.79 bits per heavy atom. The van der Waals surface area contributed by atoms with Crippen LogP contribution in [-0.2, 0) is 0 Å². The summed E-state index contributed by atoms with van der Waals surface area (Å²) < 4.78 is 0. The average molecular weight is 367 g/mol. The third-order valence-electron chi connectivity index (χ3n) is 3.46. The number of anilines is 1. The second-order valence-corrected chi connectivity index (χ2v) is 8.31. The zero-order chi connectivity index (χ0) is 16.2. The molecule has 24 heavy (non-hydrogen) atoms. The standard InChI is InChI=1S/C19H14N2S3/c1-2-5-14(6-3-1)21-20-13-15-8-9-18(23-15)19-11-10-17(24-19)16-7-4-12-22-16/h1-7,9-12,21H,8H2. The van der Waals surface area contributed by atoms with Crippen molar-refractivity contribution in [3.8, 4) is 9.75 Å². The van der Waals surface area contributed by atoms with E-state index in [1.54, 1.807) is 23.1 Å². The van der Waals surface area contributed by atoms with Gasteiger partial charge in [0.25, 0.3) is 0 Å². The molecule has 3 aromatic rings. The zero-order valence-corrected chi connectivity index (χ0v) is 15.2. The van der Waals surface area contributed by atoms with Crippen LogP contribution in [0.5, 0.6) is 0 Å². The van der Waals surface area contributed by atoms with E-state index in [0.717, 1.165) is 17.0 Å². The molecule has 3 heterocycles. The monoisotopic (exact) mass is 366 g/mol. The summed E-state index contributed by atoms with van der Waals surface area (Å²) in [5, 5.41) is 6.33. The van der Waals surface area contributed by atoms with Crippen molar-refractivity contribution in [3.05, 3.63) is 75.8 Å². The minimum atomic E-state index is 0.895. The summed E-state index contributed by atoms with van der Waals surface area (Å²) in [6.45, 7) is 0. The summed E-state index contributed by atoms with van der Waals surface area (Å²) >= 11 is 5.39. The third-order valence-corrected chi connectivity index (χ3v) is 6.88. The Labute approximate surface area is 153 Å². The summed E-state index contributed by atoms with van der Waals surface area (Å²) in [5.74, 6) is 3.11. The normalized spacial score (nSPS) is 13.5. The number of hydrogen-bond acceptors (Lipinski definition) is 5. The quantitative estimate of drug-likeness (QED) is 0.419. The molecule has 0 amide bonds. The molecule has 1 N–H and O–H groups in total. The lowest BCUT2D eigenvalue weighted by atomic mass is 10.3. The first kappa shape index (κ1) is 15.5. The highest BCUT2D eigenvalue weighted by atomic mass is 32.2. The molecule has 2 nitrogen and oxygen atoms in total. The molecule has 118 valence electrons. The van der Waals surface area contributed by atoms with Gasteiger partial charge in [-0.1, -0.05) is 42.1 Å². The first-order valence-corrected chi connectivity index (χ1v) is 10.0. The second kappa shape index (κ2) is 7.24. The van der Waals surface area contributed by atoms with E-state index in [4.69, 9.17) is 0 Å². The highest BCUT2D eigenvalue weighted by Crippen LogP contribution is 2.45. The van der Waals surface area contributed by atoms with Crippen molar-refractivity contribution in [3.63, 3.8) is 0 Å². The first-order chi connectivity index (χ1) is 11.9. The van der Waals surface area contributed by atoms with Gasteiger partial charge in [0.05, 0.1) is 10.6 Å². The fourth-order valence-electron chi connectivity index (χ4n) is 2.31. The smallest absolute Gasteiger partial charge is 0.0569 e. The minimum Gasteiger partial charge on any atom is -0.270 e. The van der Waals surface area contributed by atoms with Gasteiger partial charge in [0.2, 0.25) is 0 Å². The van der Waals surface area contributed by atoms with Gasteiger partial charge in [0, 0.05) is 31.8 Å². The van der Waals surface area contributed by atoms with Gasteiger partial charge in [0.15, 0.2) is 0 Å². The van der Waals surface area contributed by atoms with Crippen LogP contribution in [0, 0.1) is 0 Å². The maximum atomic E-state index is 4.21. The Hall–Kier alpha value is -2.04. The van der Waals surface area contributed by atoms with E-state index in [2.05, 4.69) is 52.1 Å². The molecule has 0 radical (unpaired) electrons. The number of allylic oxidation sites excluding steroid dienone is 2. The van der Waals surface area contributed by atoms with Gasteiger partial charge >= 0.3 is 0 Å². The number of rotatable bonds is 4. The number of hydrogen-bond donors (Lipinski definition) is 1. The van der Waals surface area contributed by atoms with Crippen LogP contribution < -0.4 is 5.43 Å². The van der Waals surface area contributed by atoms with Crippen LogP contribution in [0.25, 0.3) is 14.7 Å². The van der Waals surface area contributed by atoms with Gasteiger partial charge in [0.1, 0.15) is 0 Å². The van der Waals surface area contributed by atoms with Gasteiger partial charge < -0.3 is 0 Å². The highest BCUT2D eigenvalue weighted by Gasteiger charge is 2.15. The average Bonchev–Trinajstić information content (AvgIpc) is 3.36. The summed E-state index contributed by atoms with van der Waals surface area (Å²) in [5.41, 5.74) is 3.98. The first-order valence-electron chi connectivity index (χ1n) is 7.53. The molecule has 0 saturated carbocycles. The van der Waals surface area contributed by atoms with E-state index in [1.807, 2.05) is 41.7 Å². The molecular formula is C19H14N2S3. The number of para-hydroxylation sites is 1. The van der Waals surface area contributed by atoms with Gasteiger partial charge in [-0.25, -0.2) is 0 Å². The Kier molecular flexibility index (Phi) is 4.67. The molecule has 1 aliphatic heterocycles. The van der Waals surface area contributed by atoms with Crippen molar-refractivity contribution in [1.82, 2.24) is 0 Å². The highest BCUT2D eigenvalue weighted by molar-refractivity contribution is 8.12. The minimum absolute atomic E-state index is 0.895. The van der Waals surface area contributed by atoms with Crippen LogP contribution >= 0.6 is 34.4 Å². The van der Waals surface area contributed by atoms with Crippen LogP contribution in [0.15, 0.2) is 76.1 Å². The number of thiophene rings is 2. The van der Waals surface area contributed by atoms with Crippen LogP contribution in [-0.4, -0.2) is 5.87 Å². The molecule has 4 rings (SSSR count). The summed E-state index contributed by atoms with van der Waals surface area (Å²) in [6, 6.07) is 18.6. The van der Waals surface area contributed by atoms with Crippen LogP contribution in [0.1, 0.15) is 11.3 Å². The molecule has 0 spiro atoms. The number of nitrogens with one attached hydrogen (secondary N) is 1. The zero-order valence-electron chi connectivity index (χ0n) is 12.7. The SMILES string of the molecule is C(=NNc1ccccc1)=C1CC=C(c2ccc(-c3cccs3)s2)S1. The van der Waals surface area contributed by atoms with Gasteiger partial charge in [-0.3, -0.25) is 5.43 Å². The van der Waals surface area contributed by atoms with E-state index in [9.17, 15) is 0 Å². The number of nitrogens with zero attached hydrogens (tertiary/aromatic N) is 1. The summed E-state index contributed by atoms with van der Waals surface area (Å²) in [4.78, 5) is 6.42. The lowest BCUT2D eigenvalue weighted by Gasteiger charge is -1.97. The Morgan fingerprint density at radius 3 is 2.62 bits per heavy atom. The van der Waals surface area contributed by atoms with Gasteiger partial charge in [-0.15, -0.1) is 27.8 Å². The Bertz CT molecular complexity index is 915. The maximum Gasteiger partial charge on any atom is 0.0569 e. The predicted molar refractivity (Wildman–Crippen MR) is 109 cm³/mol.